The fraction of sp³-hybridized carbons (Fsp3) is 1.00. The number of halogens is 2. The predicted octanol–water partition coefficient (Wildman–Crippen LogP) is 1.53. The van der Waals surface area contributed by atoms with Crippen molar-refractivity contribution in [2.75, 3.05) is 20.6 Å². The van der Waals surface area contributed by atoms with Crippen LogP contribution in [0.25, 0.3) is 0 Å². The van der Waals surface area contributed by atoms with Crippen LogP contribution in [0.3, 0.4) is 0 Å². The second-order valence-electron chi connectivity index (χ2n) is 3.50. The summed E-state index contributed by atoms with van der Waals surface area (Å²) in [5.41, 5.74) is 0. The van der Waals surface area contributed by atoms with Gasteiger partial charge in [0.05, 0.1) is 0 Å². The molecule has 0 aromatic rings. The Morgan fingerprint density at radius 3 is 2.17 bits per heavy atom. The molecular weight excluding hydrogens is 195 g/mol. The maximum atomic E-state index is 3.44. The highest BCUT2D eigenvalue weighted by Crippen LogP contribution is 2.11. The summed E-state index contributed by atoms with van der Waals surface area (Å²) in [5.74, 6) is 0. The molecule has 4 heteroatoms. The number of nitrogens with zero attached hydrogens (tertiary/aromatic N) is 1. The van der Waals surface area contributed by atoms with E-state index in [1.165, 1.54) is 19.4 Å². The molecule has 0 radical (unpaired) electrons. The van der Waals surface area contributed by atoms with Gasteiger partial charge < -0.3 is 10.2 Å². The van der Waals surface area contributed by atoms with Gasteiger partial charge in [0.25, 0.3) is 0 Å². The quantitative estimate of drug-likeness (QED) is 0.713. The van der Waals surface area contributed by atoms with Crippen LogP contribution in [0.1, 0.15) is 19.8 Å². The van der Waals surface area contributed by atoms with E-state index in [4.69, 9.17) is 0 Å². The van der Waals surface area contributed by atoms with Gasteiger partial charge in [-0.1, -0.05) is 0 Å². The van der Waals surface area contributed by atoms with Crippen molar-refractivity contribution >= 4 is 24.8 Å². The van der Waals surface area contributed by atoms with E-state index in [1.807, 2.05) is 0 Å². The van der Waals surface area contributed by atoms with Crippen LogP contribution in [0.15, 0.2) is 0 Å². The fourth-order valence-corrected chi connectivity index (χ4v) is 1.57. The molecule has 1 heterocycles. The van der Waals surface area contributed by atoms with Crippen molar-refractivity contribution in [1.82, 2.24) is 10.2 Å². The van der Waals surface area contributed by atoms with E-state index in [0.717, 1.165) is 6.04 Å². The molecule has 2 unspecified atom stereocenters. The largest absolute Gasteiger partial charge is 0.314 e. The third-order valence-corrected chi connectivity index (χ3v) is 2.33. The molecule has 0 saturated carbocycles. The van der Waals surface area contributed by atoms with Crippen molar-refractivity contribution in [1.29, 1.82) is 0 Å². The lowest BCUT2D eigenvalue weighted by Crippen LogP contribution is -2.44. The maximum absolute atomic E-state index is 3.44. The van der Waals surface area contributed by atoms with Gasteiger partial charge in [-0.3, -0.25) is 0 Å². The lowest BCUT2D eigenvalue weighted by atomic mass is 10.00. The number of nitrogens with one attached hydrogen (secondary N) is 1. The van der Waals surface area contributed by atoms with Crippen LogP contribution in [0.5, 0.6) is 0 Å². The summed E-state index contributed by atoms with van der Waals surface area (Å²) < 4.78 is 0. The van der Waals surface area contributed by atoms with E-state index in [-0.39, 0.29) is 24.8 Å². The highest BCUT2D eigenvalue weighted by molar-refractivity contribution is 5.85. The fourth-order valence-electron chi connectivity index (χ4n) is 1.57. The van der Waals surface area contributed by atoms with Crippen molar-refractivity contribution in [2.24, 2.45) is 0 Å². The molecule has 1 aliphatic rings. The summed E-state index contributed by atoms with van der Waals surface area (Å²) in [6, 6.07) is 1.51. The zero-order valence-corrected chi connectivity index (χ0v) is 9.67. The van der Waals surface area contributed by atoms with Crippen molar-refractivity contribution < 1.29 is 0 Å². The summed E-state index contributed by atoms with van der Waals surface area (Å²) >= 11 is 0. The molecule has 76 valence electrons. The maximum Gasteiger partial charge on any atom is 0.0116 e. The molecule has 1 aliphatic heterocycles. The Morgan fingerprint density at radius 1 is 1.25 bits per heavy atom. The van der Waals surface area contributed by atoms with Gasteiger partial charge in [0.2, 0.25) is 0 Å². The monoisotopic (exact) mass is 214 g/mol. The molecule has 0 bridgehead atoms. The van der Waals surface area contributed by atoms with Crippen molar-refractivity contribution in [3.8, 4) is 0 Å². The summed E-state index contributed by atoms with van der Waals surface area (Å²) in [5, 5.41) is 3.44. The van der Waals surface area contributed by atoms with E-state index < -0.39 is 0 Å². The van der Waals surface area contributed by atoms with Gasteiger partial charge in [-0.2, -0.15) is 0 Å². The van der Waals surface area contributed by atoms with E-state index in [0.29, 0.717) is 6.04 Å². The lowest BCUT2D eigenvalue weighted by molar-refractivity contribution is 0.212. The van der Waals surface area contributed by atoms with Crippen LogP contribution >= 0.6 is 24.8 Å². The average Bonchev–Trinajstić information content (AvgIpc) is 1.88. The molecule has 0 amide bonds. The normalized spacial score (nSPS) is 29.0. The standard InChI is InChI=1S/C8H18N2.2ClH/c1-7-6-8(10(2)3)4-5-9-7;;/h7-9H,4-6H2,1-3H3;2*1H. The molecule has 0 aliphatic carbocycles. The summed E-state index contributed by atoms with van der Waals surface area (Å²) in [6.45, 7) is 3.44. The molecule has 2 atom stereocenters. The molecule has 12 heavy (non-hydrogen) atoms. The van der Waals surface area contributed by atoms with E-state index in [9.17, 15) is 0 Å². The van der Waals surface area contributed by atoms with Crippen LogP contribution in [0.4, 0.5) is 0 Å². The number of hydrogen-bond acceptors (Lipinski definition) is 2. The van der Waals surface area contributed by atoms with Gasteiger partial charge in [-0.25, -0.2) is 0 Å². The molecule has 1 rings (SSSR count). The highest BCUT2D eigenvalue weighted by Gasteiger charge is 2.18. The van der Waals surface area contributed by atoms with E-state index in [1.54, 1.807) is 0 Å². The SMILES string of the molecule is CC1CC(N(C)C)CCN1.Cl.Cl. The second-order valence-corrected chi connectivity index (χ2v) is 3.50. The Bertz CT molecular complexity index is 109. The Labute approximate surface area is 87.9 Å². The first-order valence-corrected chi connectivity index (χ1v) is 4.10. The van der Waals surface area contributed by atoms with Gasteiger partial charge in [0.1, 0.15) is 0 Å². The Morgan fingerprint density at radius 2 is 1.83 bits per heavy atom. The van der Waals surface area contributed by atoms with Crippen LogP contribution in [0, 0.1) is 0 Å². The Kier molecular flexibility index (Phi) is 8.69. The lowest BCUT2D eigenvalue weighted by Gasteiger charge is -2.32. The van der Waals surface area contributed by atoms with Crippen LogP contribution < -0.4 is 5.32 Å². The number of hydrogen-bond donors (Lipinski definition) is 1. The smallest absolute Gasteiger partial charge is 0.0116 e. The van der Waals surface area contributed by atoms with Crippen LogP contribution in [-0.4, -0.2) is 37.6 Å². The summed E-state index contributed by atoms with van der Waals surface area (Å²) in [7, 11) is 4.34. The minimum absolute atomic E-state index is 0. The summed E-state index contributed by atoms with van der Waals surface area (Å²) in [4.78, 5) is 2.33. The van der Waals surface area contributed by atoms with Gasteiger partial charge in [0, 0.05) is 12.1 Å². The zero-order valence-electron chi connectivity index (χ0n) is 8.04. The van der Waals surface area contributed by atoms with Gasteiger partial charge >= 0.3 is 0 Å². The molecule has 1 N–H and O–H groups in total. The van der Waals surface area contributed by atoms with Gasteiger partial charge in [0.15, 0.2) is 0 Å². The predicted molar refractivity (Wildman–Crippen MR) is 58.7 cm³/mol. The molecule has 0 spiro atoms. The average molecular weight is 215 g/mol. The van der Waals surface area contributed by atoms with Crippen LogP contribution in [-0.2, 0) is 0 Å². The number of piperidine rings is 1. The molecule has 1 fully saturated rings. The van der Waals surface area contributed by atoms with Crippen molar-refractivity contribution in [2.45, 2.75) is 31.8 Å². The first-order valence-electron chi connectivity index (χ1n) is 4.10. The van der Waals surface area contributed by atoms with Crippen molar-refractivity contribution in [3.05, 3.63) is 0 Å². The molecular formula is C8H20Cl2N2. The van der Waals surface area contributed by atoms with Crippen LogP contribution in [0.2, 0.25) is 0 Å². The van der Waals surface area contributed by atoms with Gasteiger partial charge in [-0.05, 0) is 40.4 Å². The van der Waals surface area contributed by atoms with Crippen molar-refractivity contribution in [3.63, 3.8) is 0 Å². The third kappa shape index (κ3) is 4.51. The first kappa shape index (κ1) is 15.0. The third-order valence-electron chi connectivity index (χ3n) is 2.33. The summed E-state index contributed by atoms with van der Waals surface area (Å²) in [6.07, 6.45) is 2.60. The zero-order chi connectivity index (χ0) is 7.56. The first-order chi connectivity index (χ1) is 4.70. The molecule has 1 saturated heterocycles. The topological polar surface area (TPSA) is 15.3 Å². The number of rotatable bonds is 1. The molecule has 0 aromatic heterocycles. The Hall–Kier alpha value is 0.500. The van der Waals surface area contributed by atoms with Gasteiger partial charge in [-0.15, -0.1) is 24.8 Å². The minimum atomic E-state index is 0. The molecule has 0 aromatic carbocycles. The highest BCUT2D eigenvalue weighted by atomic mass is 35.5. The van der Waals surface area contributed by atoms with E-state index in [2.05, 4.69) is 31.2 Å². The van der Waals surface area contributed by atoms with E-state index >= 15 is 0 Å². The minimum Gasteiger partial charge on any atom is -0.314 e. The second kappa shape index (κ2) is 6.96. The molecule has 2 nitrogen and oxygen atoms in total. The Balaban J connectivity index is 0.